The summed E-state index contributed by atoms with van der Waals surface area (Å²) >= 11 is 7.57. The predicted octanol–water partition coefficient (Wildman–Crippen LogP) is 6.56. The minimum atomic E-state index is -0.119. The summed E-state index contributed by atoms with van der Waals surface area (Å²) in [7, 11) is 0. The number of amides is 1. The molecule has 192 valence electrons. The number of hydrogen-bond acceptors (Lipinski definition) is 6. The third-order valence-electron chi connectivity index (χ3n) is 5.73. The van der Waals surface area contributed by atoms with Crippen LogP contribution in [0.25, 0.3) is 17.1 Å². The summed E-state index contributed by atoms with van der Waals surface area (Å²) in [5.41, 5.74) is 3.58. The van der Waals surface area contributed by atoms with Gasteiger partial charge in [0.1, 0.15) is 5.75 Å². The van der Waals surface area contributed by atoms with Crippen LogP contribution in [0.15, 0.2) is 78.0 Å². The normalized spacial score (nSPS) is 10.8. The Hall–Kier alpha value is -3.49. The van der Waals surface area contributed by atoms with Crippen LogP contribution in [0.3, 0.4) is 0 Å². The molecule has 3 aromatic carbocycles. The zero-order valence-electron chi connectivity index (χ0n) is 21.1. The van der Waals surface area contributed by atoms with Crippen LogP contribution in [-0.2, 0) is 4.79 Å². The standard InChI is InChI=1S/C28H30ClN5O2S/c1-4-33(5-2)23-12-10-22(11-13-23)30-26(35)19-37-28-32-31-27(20-8-7-9-21(29)18-20)34(28)24-14-16-25(17-15-24)36-6-3/h7-18H,4-6,19H2,1-3H3,(H,30,35). The lowest BCUT2D eigenvalue weighted by molar-refractivity contribution is -0.113. The summed E-state index contributed by atoms with van der Waals surface area (Å²) < 4.78 is 7.52. The van der Waals surface area contributed by atoms with Crippen molar-refractivity contribution in [3.63, 3.8) is 0 Å². The van der Waals surface area contributed by atoms with E-state index in [1.54, 1.807) is 0 Å². The molecule has 0 saturated heterocycles. The van der Waals surface area contributed by atoms with Gasteiger partial charge in [0.2, 0.25) is 5.91 Å². The maximum atomic E-state index is 12.8. The van der Waals surface area contributed by atoms with Gasteiger partial charge in [-0.2, -0.15) is 0 Å². The van der Waals surface area contributed by atoms with Crippen LogP contribution in [0.1, 0.15) is 20.8 Å². The molecule has 0 unspecified atom stereocenters. The quantitative estimate of drug-likeness (QED) is 0.219. The van der Waals surface area contributed by atoms with E-state index in [9.17, 15) is 4.79 Å². The van der Waals surface area contributed by atoms with Crippen molar-refractivity contribution in [1.82, 2.24) is 14.8 Å². The second-order valence-corrected chi connectivity index (χ2v) is 9.51. The first kappa shape index (κ1) is 26.6. The molecule has 0 saturated carbocycles. The number of halogens is 1. The van der Waals surface area contributed by atoms with Crippen molar-refractivity contribution in [1.29, 1.82) is 0 Å². The zero-order chi connectivity index (χ0) is 26.2. The molecule has 0 aliphatic rings. The molecule has 1 aromatic heterocycles. The minimum absolute atomic E-state index is 0.119. The van der Waals surface area contributed by atoms with Gasteiger partial charge in [-0.05, 0) is 81.4 Å². The molecule has 1 amide bonds. The number of nitrogens with one attached hydrogen (secondary N) is 1. The molecular weight excluding hydrogens is 506 g/mol. The van der Waals surface area contributed by atoms with Crippen molar-refractivity contribution < 1.29 is 9.53 Å². The number of anilines is 2. The van der Waals surface area contributed by atoms with E-state index in [0.717, 1.165) is 41.5 Å². The minimum Gasteiger partial charge on any atom is -0.494 e. The van der Waals surface area contributed by atoms with Crippen molar-refractivity contribution in [3.05, 3.63) is 77.8 Å². The fourth-order valence-electron chi connectivity index (χ4n) is 3.94. The maximum absolute atomic E-state index is 12.8. The highest BCUT2D eigenvalue weighted by atomic mass is 35.5. The fraction of sp³-hybridized carbons (Fsp3) is 0.250. The van der Waals surface area contributed by atoms with Gasteiger partial charge in [-0.15, -0.1) is 10.2 Å². The van der Waals surface area contributed by atoms with E-state index >= 15 is 0 Å². The lowest BCUT2D eigenvalue weighted by Gasteiger charge is -2.21. The van der Waals surface area contributed by atoms with E-state index in [1.807, 2.05) is 84.3 Å². The SMILES string of the molecule is CCOc1ccc(-n2c(SCC(=O)Nc3ccc(N(CC)CC)cc3)nnc2-c2cccc(Cl)c2)cc1. The molecule has 4 aromatic rings. The Morgan fingerprint density at radius 2 is 1.73 bits per heavy atom. The summed E-state index contributed by atoms with van der Waals surface area (Å²) in [4.78, 5) is 15.0. The summed E-state index contributed by atoms with van der Waals surface area (Å²) in [5.74, 6) is 1.49. The third kappa shape index (κ3) is 6.64. The van der Waals surface area contributed by atoms with Crippen LogP contribution in [0.4, 0.5) is 11.4 Å². The van der Waals surface area contributed by atoms with Gasteiger partial charge in [0.15, 0.2) is 11.0 Å². The average molecular weight is 536 g/mol. The van der Waals surface area contributed by atoms with E-state index in [-0.39, 0.29) is 11.7 Å². The van der Waals surface area contributed by atoms with Gasteiger partial charge < -0.3 is 15.0 Å². The average Bonchev–Trinajstić information content (AvgIpc) is 3.34. The molecule has 0 atom stereocenters. The van der Waals surface area contributed by atoms with Crippen LogP contribution in [0.2, 0.25) is 5.02 Å². The monoisotopic (exact) mass is 535 g/mol. The number of carbonyl (C=O) groups is 1. The van der Waals surface area contributed by atoms with E-state index < -0.39 is 0 Å². The fourth-order valence-corrected chi connectivity index (χ4v) is 4.88. The lowest BCUT2D eigenvalue weighted by Crippen LogP contribution is -2.21. The van der Waals surface area contributed by atoms with Crippen molar-refractivity contribution >= 4 is 40.6 Å². The Kier molecular flexibility index (Phi) is 9.09. The highest BCUT2D eigenvalue weighted by molar-refractivity contribution is 7.99. The molecule has 0 bridgehead atoms. The van der Waals surface area contributed by atoms with Crippen LogP contribution >= 0.6 is 23.4 Å². The molecule has 0 radical (unpaired) electrons. The Morgan fingerprint density at radius 3 is 2.38 bits per heavy atom. The van der Waals surface area contributed by atoms with Gasteiger partial charge >= 0.3 is 0 Å². The first-order valence-corrected chi connectivity index (χ1v) is 13.6. The molecule has 0 spiro atoms. The van der Waals surface area contributed by atoms with E-state index in [1.165, 1.54) is 11.8 Å². The highest BCUT2D eigenvalue weighted by Crippen LogP contribution is 2.30. The molecule has 7 nitrogen and oxygen atoms in total. The largest absolute Gasteiger partial charge is 0.494 e. The molecule has 9 heteroatoms. The number of hydrogen-bond donors (Lipinski definition) is 1. The van der Waals surface area contributed by atoms with Gasteiger partial charge in [0.05, 0.1) is 12.4 Å². The van der Waals surface area contributed by atoms with Gasteiger partial charge in [-0.1, -0.05) is 35.5 Å². The number of rotatable bonds is 11. The Morgan fingerprint density at radius 1 is 1.00 bits per heavy atom. The molecule has 37 heavy (non-hydrogen) atoms. The van der Waals surface area contributed by atoms with Crippen molar-refractivity contribution in [3.8, 4) is 22.8 Å². The number of ether oxygens (including phenoxy) is 1. The number of thioether (sulfide) groups is 1. The molecule has 1 heterocycles. The summed E-state index contributed by atoms with van der Waals surface area (Å²) in [6, 6.07) is 23.1. The molecule has 4 rings (SSSR count). The molecule has 0 aliphatic carbocycles. The van der Waals surface area contributed by atoms with Gasteiger partial charge in [0.25, 0.3) is 0 Å². The van der Waals surface area contributed by atoms with E-state index in [4.69, 9.17) is 16.3 Å². The van der Waals surface area contributed by atoms with E-state index in [2.05, 4.69) is 34.3 Å². The summed E-state index contributed by atoms with van der Waals surface area (Å²) in [5, 5.41) is 13.0. The van der Waals surface area contributed by atoms with Crippen molar-refractivity contribution in [2.75, 3.05) is 35.7 Å². The second-order valence-electron chi connectivity index (χ2n) is 8.13. The first-order chi connectivity index (χ1) is 18.0. The predicted molar refractivity (Wildman–Crippen MR) is 152 cm³/mol. The summed E-state index contributed by atoms with van der Waals surface area (Å²) in [6.07, 6.45) is 0. The Labute approximate surface area is 226 Å². The maximum Gasteiger partial charge on any atom is 0.234 e. The zero-order valence-corrected chi connectivity index (χ0v) is 22.7. The second kappa shape index (κ2) is 12.7. The van der Waals surface area contributed by atoms with Crippen molar-refractivity contribution in [2.24, 2.45) is 0 Å². The number of benzene rings is 3. The first-order valence-electron chi connectivity index (χ1n) is 12.2. The Balaban J connectivity index is 1.53. The molecule has 0 fully saturated rings. The topological polar surface area (TPSA) is 72.3 Å². The summed E-state index contributed by atoms with van der Waals surface area (Å²) in [6.45, 7) is 8.66. The van der Waals surface area contributed by atoms with Crippen LogP contribution in [0.5, 0.6) is 5.75 Å². The Bertz CT molecular complexity index is 1320. The van der Waals surface area contributed by atoms with E-state index in [0.29, 0.717) is 22.6 Å². The smallest absolute Gasteiger partial charge is 0.234 e. The van der Waals surface area contributed by atoms with Gasteiger partial charge in [-0.3, -0.25) is 9.36 Å². The van der Waals surface area contributed by atoms with Crippen LogP contribution in [-0.4, -0.2) is 46.1 Å². The van der Waals surface area contributed by atoms with Gasteiger partial charge in [0, 0.05) is 40.7 Å². The van der Waals surface area contributed by atoms with Crippen LogP contribution < -0.4 is 15.0 Å². The molecule has 0 aliphatic heterocycles. The van der Waals surface area contributed by atoms with Crippen LogP contribution in [0, 0.1) is 0 Å². The molecule has 1 N–H and O–H groups in total. The third-order valence-corrected chi connectivity index (χ3v) is 6.90. The van der Waals surface area contributed by atoms with Crippen molar-refractivity contribution in [2.45, 2.75) is 25.9 Å². The number of carbonyl (C=O) groups excluding carboxylic acids is 1. The lowest BCUT2D eigenvalue weighted by atomic mass is 10.2. The molecular formula is C28H30ClN5O2S. The van der Waals surface area contributed by atoms with Gasteiger partial charge in [-0.25, -0.2) is 0 Å². The number of nitrogens with zero attached hydrogens (tertiary/aromatic N) is 4. The number of aromatic nitrogens is 3. The highest BCUT2D eigenvalue weighted by Gasteiger charge is 2.18.